The fraction of sp³-hybridized carbons (Fsp3) is 0.278. The van der Waals surface area contributed by atoms with Crippen LogP contribution >= 0.6 is 0 Å². The van der Waals surface area contributed by atoms with Crippen LogP contribution in [-0.4, -0.2) is 5.78 Å². The number of hydrogen-bond acceptors (Lipinski definition) is 1. The van der Waals surface area contributed by atoms with Crippen molar-refractivity contribution in [2.75, 3.05) is 0 Å². The molecule has 0 aliphatic rings. The number of carbonyl (C=O) groups is 1. The third kappa shape index (κ3) is 3.54. The Hall–Kier alpha value is -1.89. The van der Waals surface area contributed by atoms with E-state index in [-0.39, 0.29) is 5.78 Å². The van der Waals surface area contributed by atoms with Crippen molar-refractivity contribution >= 4 is 5.78 Å². The molecule has 0 amide bonds. The minimum Gasteiger partial charge on any atom is -0.294 e. The summed E-state index contributed by atoms with van der Waals surface area (Å²) in [5.74, 6) is 0.550. The summed E-state index contributed by atoms with van der Waals surface area (Å²) in [6, 6.07) is 18.2. The Morgan fingerprint density at radius 1 is 1.05 bits per heavy atom. The Kier molecular flexibility index (Phi) is 4.51. The highest BCUT2D eigenvalue weighted by atomic mass is 16.1. The predicted octanol–water partition coefficient (Wildman–Crippen LogP) is 4.76. The molecule has 0 aromatic heterocycles. The van der Waals surface area contributed by atoms with Crippen molar-refractivity contribution in [1.82, 2.24) is 0 Å². The topological polar surface area (TPSA) is 17.1 Å². The lowest BCUT2D eigenvalue weighted by molar-refractivity contribution is 0.0972. The van der Waals surface area contributed by atoms with Gasteiger partial charge < -0.3 is 0 Å². The van der Waals surface area contributed by atoms with E-state index in [1.807, 2.05) is 49.4 Å². The monoisotopic (exact) mass is 252 g/mol. The van der Waals surface area contributed by atoms with Gasteiger partial charge >= 0.3 is 0 Å². The van der Waals surface area contributed by atoms with Crippen LogP contribution < -0.4 is 0 Å². The van der Waals surface area contributed by atoms with Crippen molar-refractivity contribution in [3.05, 3.63) is 71.3 Å². The van der Waals surface area contributed by atoms with E-state index in [1.54, 1.807) is 0 Å². The molecule has 0 fully saturated rings. The van der Waals surface area contributed by atoms with Gasteiger partial charge in [-0.05, 0) is 30.9 Å². The van der Waals surface area contributed by atoms with Gasteiger partial charge in [0.2, 0.25) is 0 Å². The Bertz CT molecular complexity index is 543. The van der Waals surface area contributed by atoms with Gasteiger partial charge in [0.05, 0.1) is 0 Å². The van der Waals surface area contributed by atoms with Crippen molar-refractivity contribution in [3.8, 4) is 0 Å². The molecule has 2 aromatic carbocycles. The van der Waals surface area contributed by atoms with Crippen molar-refractivity contribution < 1.29 is 4.79 Å². The molecule has 1 unspecified atom stereocenters. The zero-order chi connectivity index (χ0) is 13.7. The minimum atomic E-state index is 0.236. The smallest absolute Gasteiger partial charge is 0.163 e. The molecule has 1 atom stereocenters. The first-order valence-corrected chi connectivity index (χ1v) is 6.85. The van der Waals surface area contributed by atoms with E-state index in [0.717, 1.165) is 17.5 Å². The fourth-order valence-electron chi connectivity index (χ4n) is 2.38. The van der Waals surface area contributed by atoms with E-state index >= 15 is 0 Å². The molecule has 1 nitrogen and oxygen atoms in total. The van der Waals surface area contributed by atoms with Gasteiger partial charge in [-0.25, -0.2) is 0 Å². The standard InChI is InChI=1S/C18H20O/c1-3-15(16-9-5-4-6-10-16)13-18(19)17-11-7-8-14(2)12-17/h4-12,15H,3,13H2,1-2H3. The molecule has 0 saturated carbocycles. The van der Waals surface area contributed by atoms with Gasteiger partial charge in [0.15, 0.2) is 5.78 Å². The van der Waals surface area contributed by atoms with Crippen molar-refractivity contribution in [2.24, 2.45) is 0 Å². The second-order valence-electron chi connectivity index (χ2n) is 5.01. The molecule has 0 bridgehead atoms. The van der Waals surface area contributed by atoms with Gasteiger partial charge in [-0.15, -0.1) is 0 Å². The number of ketones is 1. The highest BCUT2D eigenvalue weighted by Gasteiger charge is 2.15. The van der Waals surface area contributed by atoms with Crippen molar-refractivity contribution in [3.63, 3.8) is 0 Å². The molecular weight excluding hydrogens is 232 g/mol. The summed E-state index contributed by atoms with van der Waals surface area (Å²) in [6.45, 7) is 4.16. The molecule has 2 aromatic rings. The van der Waals surface area contributed by atoms with Crippen molar-refractivity contribution in [1.29, 1.82) is 0 Å². The maximum atomic E-state index is 12.3. The summed E-state index contributed by atoms with van der Waals surface area (Å²) in [5, 5.41) is 0. The lowest BCUT2D eigenvalue weighted by atomic mass is 9.89. The van der Waals surface area contributed by atoms with Crippen molar-refractivity contribution in [2.45, 2.75) is 32.6 Å². The van der Waals surface area contributed by atoms with Crippen LogP contribution in [0.15, 0.2) is 54.6 Å². The van der Waals surface area contributed by atoms with E-state index in [1.165, 1.54) is 5.56 Å². The molecule has 0 radical (unpaired) electrons. The predicted molar refractivity (Wildman–Crippen MR) is 79.6 cm³/mol. The maximum absolute atomic E-state index is 12.3. The molecule has 0 aliphatic heterocycles. The number of aryl methyl sites for hydroxylation is 1. The fourth-order valence-corrected chi connectivity index (χ4v) is 2.38. The quantitative estimate of drug-likeness (QED) is 0.701. The lowest BCUT2D eigenvalue weighted by Gasteiger charge is -2.14. The SMILES string of the molecule is CCC(CC(=O)c1cccc(C)c1)c1ccccc1. The second kappa shape index (κ2) is 6.33. The van der Waals surface area contributed by atoms with Gasteiger partial charge in [-0.2, -0.15) is 0 Å². The summed E-state index contributed by atoms with van der Waals surface area (Å²) in [4.78, 5) is 12.3. The lowest BCUT2D eigenvalue weighted by Crippen LogP contribution is -2.07. The summed E-state index contributed by atoms with van der Waals surface area (Å²) in [7, 11) is 0. The van der Waals surface area contributed by atoms with Gasteiger partial charge in [0, 0.05) is 12.0 Å². The van der Waals surface area contributed by atoms with Crippen LogP contribution in [0.25, 0.3) is 0 Å². The van der Waals surface area contributed by atoms with Crippen LogP contribution in [0.1, 0.15) is 47.2 Å². The van der Waals surface area contributed by atoms with E-state index in [0.29, 0.717) is 12.3 Å². The van der Waals surface area contributed by atoms with E-state index < -0.39 is 0 Å². The first-order valence-electron chi connectivity index (χ1n) is 6.85. The number of hydrogen-bond donors (Lipinski definition) is 0. The van der Waals surface area contributed by atoms with Crippen LogP contribution in [0.4, 0.5) is 0 Å². The zero-order valence-electron chi connectivity index (χ0n) is 11.6. The molecular formula is C18H20O. The average molecular weight is 252 g/mol. The summed E-state index contributed by atoms with van der Waals surface area (Å²) >= 11 is 0. The van der Waals surface area contributed by atoms with Gasteiger partial charge in [0.1, 0.15) is 0 Å². The van der Waals surface area contributed by atoms with Crippen LogP contribution in [0.5, 0.6) is 0 Å². The Morgan fingerprint density at radius 3 is 2.42 bits per heavy atom. The molecule has 0 heterocycles. The highest BCUT2D eigenvalue weighted by Crippen LogP contribution is 2.25. The number of carbonyl (C=O) groups excluding carboxylic acids is 1. The maximum Gasteiger partial charge on any atom is 0.163 e. The van der Waals surface area contributed by atoms with E-state index in [4.69, 9.17) is 0 Å². The second-order valence-corrected chi connectivity index (χ2v) is 5.01. The highest BCUT2D eigenvalue weighted by molar-refractivity contribution is 5.96. The molecule has 0 aliphatic carbocycles. The summed E-state index contributed by atoms with van der Waals surface area (Å²) < 4.78 is 0. The van der Waals surface area contributed by atoms with Crippen LogP contribution in [0.3, 0.4) is 0 Å². The molecule has 0 spiro atoms. The Balaban J connectivity index is 2.13. The van der Waals surface area contributed by atoms with Crippen LogP contribution in [0.2, 0.25) is 0 Å². The largest absolute Gasteiger partial charge is 0.294 e. The Morgan fingerprint density at radius 2 is 1.79 bits per heavy atom. The number of Topliss-reactive ketones (excluding diaryl/α,β-unsaturated/α-hetero) is 1. The molecule has 0 saturated heterocycles. The number of benzene rings is 2. The normalized spacial score (nSPS) is 12.1. The van der Waals surface area contributed by atoms with Gasteiger partial charge in [-0.1, -0.05) is 61.0 Å². The molecule has 2 rings (SSSR count). The first-order chi connectivity index (χ1) is 9.20. The summed E-state index contributed by atoms with van der Waals surface area (Å²) in [5.41, 5.74) is 3.22. The van der Waals surface area contributed by atoms with E-state index in [2.05, 4.69) is 19.1 Å². The Labute approximate surface area is 115 Å². The molecule has 1 heteroatoms. The molecule has 19 heavy (non-hydrogen) atoms. The average Bonchev–Trinajstić information content (AvgIpc) is 2.45. The van der Waals surface area contributed by atoms with Gasteiger partial charge in [0.25, 0.3) is 0 Å². The van der Waals surface area contributed by atoms with Gasteiger partial charge in [-0.3, -0.25) is 4.79 Å². The number of rotatable bonds is 5. The first kappa shape index (κ1) is 13.5. The molecule has 98 valence electrons. The van der Waals surface area contributed by atoms with Crippen LogP contribution in [0, 0.1) is 6.92 Å². The molecule has 0 N–H and O–H groups in total. The summed E-state index contributed by atoms with van der Waals surface area (Å²) in [6.07, 6.45) is 1.57. The van der Waals surface area contributed by atoms with E-state index in [9.17, 15) is 4.79 Å². The third-order valence-corrected chi connectivity index (χ3v) is 3.54. The minimum absolute atomic E-state index is 0.236. The zero-order valence-corrected chi connectivity index (χ0v) is 11.6. The third-order valence-electron chi connectivity index (χ3n) is 3.54. The van der Waals surface area contributed by atoms with Crippen LogP contribution in [-0.2, 0) is 0 Å².